The summed E-state index contributed by atoms with van der Waals surface area (Å²) in [6, 6.07) is 14.1. The van der Waals surface area contributed by atoms with Crippen LogP contribution in [0.1, 0.15) is 30.0 Å². The Morgan fingerprint density at radius 3 is 2.65 bits per heavy atom. The molecule has 0 radical (unpaired) electrons. The third-order valence-corrected chi connectivity index (χ3v) is 4.35. The second-order valence-corrected chi connectivity index (χ2v) is 5.79. The van der Waals surface area contributed by atoms with E-state index in [1.54, 1.807) is 19.2 Å². The third-order valence-electron chi connectivity index (χ3n) is 4.35. The van der Waals surface area contributed by atoms with Crippen LogP contribution in [0.25, 0.3) is 0 Å². The Bertz CT molecular complexity index is 684. The average molecular weight is 313 g/mol. The van der Waals surface area contributed by atoms with Crippen molar-refractivity contribution in [2.24, 2.45) is 0 Å². The van der Waals surface area contributed by atoms with Crippen molar-refractivity contribution in [2.45, 2.75) is 25.3 Å². The Kier molecular flexibility index (Phi) is 4.60. The molecule has 120 valence electrons. The first-order valence-electron chi connectivity index (χ1n) is 7.86. The summed E-state index contributed by atoms with van der Waals surface area (Å²) in [5, 5.41) is 0. The maximum absolute atomic E-state index is 14.0. The average Bonchev–Trinajstić information content (AvgIpc) is 3.05. The largest absolute Gasteiger partial charge is 0.497 e. The van der Waals surface area contributed by atoms with Crippen LogP contribution in [0.2, 0.25) is 0 Å². The molecule has 1 amide bonds. The topological polar surface area (TPSA) is 29.5 Å². The van der Waals surface area contributed by atoms with Gasteiger partial charge in [-0.3, -0.25) is 4.79 Å². The fourth-order valence-electron chi connectivity index (χ4n) is 3.15. The molecule has 0 saturated carbocycles. The van der Waals surface area contributed by atoms with Gasteiger partial charge < -0.3 is 9.64 Å². The molecule has 1 atom stereocenters. The molecule has 1 aliphatic heterocycles. The van der Waals surface area contributed by atoms with E-state index in [-0.39, 0.29) is 17.8 Å². The number of likely N-dealkylation sites (tertiary alicyclic amines) is 1. The van der Waals surface area contributed by atoms with Gasteiger partial charge in [0.2, 0.25) is 5.91 Å². The van der Waals surface area contributed by atoms with Crippen LogP contribution in [-0.4, -0.2) is 24.5 Å². The van der Waals surface area contributed by atoms with E-state index in [1.807, 2.05) is 35.2 Å². The lowest BCUT2D eigenvalue weighted by molar-refractivity contribution is -0.131. The van der Waals surface area contributed by atoms with Gasteiger partial charge in [0, 0.05) is 12.1 Å². The zero-order valence-electron chi connectivity index (χ0n) is 13.2. The number of benzene rings is 2. The summed E-state index contributed by atoms with van der Waals surface area (Å²) in [5.41, 5.74) is 1.56. The lowest BCUT2D eigenvalue weighted by Crippen LogP contribution is -2.32. The summed E-state index contributed by atoms with van der Waals surface area (Å²) >= 11 is 0. The molecule has 4 heteroatoms. The van der Waals surface area contributed by atoms with Crippen LogP contribution >= 0.6 is 0 Å². The van der Waals surface area contributed by atoms with E-state index in [0.717, 1.165) is 24.2 Å². The molecular weight excluding hydrogens is 293 g/mol. The predicted octanol–water partition coefficient (Wildman–Crippen LogP) is 3.74. The summed E-state index contributed by atoms with van der Waals surface area (Å²) in [4.78, 5) is 14.4. The van der Waals surface area contributed by atoms with Gasteiger partial charge in [-0.05, 0) is 36.6 Å². The lowest BCUT2D eigenvalue weighted by atomic mass is 10.0. The van der Waals surface area contributed by atoms with E-state index in [0.29, 0.717) is 18.5 Å². The first kappa shape index (κ1) is 15.5. The molecule has 3 rings (SSSR count). The molecule has 1 aliphatic rings. The minimum absolute atomic E-state index is 0.0425. The zero-order valence-corrected chi connectivity index (χ0v) is 13.2. The van der Waals surface area contributed by atoms with Crippen molar-refractivity contribution in [3.05, 3.63) is 65.5 Å². The molecule has 0 N–H and O–H groups in total. The minimum atomic E-state index is -0.235. The van der Waals surface area contributed by atoms with Crippen LogP contribution < -0.4 is 4.74 Å². The standard InChI is InChI=1S/C19H20FNO2/c1-23-15-10-8-14(9-11-15)13-19(22)21-12-4-7-18(21)16-5-2-3-6-17(16)20/h2-3,5-6,8-11,18H,4,7,12-13H2,1H3. The Balaban J connectivity index is 1.74. The number of ether oxygens (including phenoxy) is 1. The number of nitrogens with zero attached hydrogens (tertiary/aromatic N) is 1. The molecular formula is C19H20FNO2. The molecule has 0 aromatic heterocycles. The van der Waals surface area contributed by atoms with Crippen LogP contribution in [0.3, 0.4) is 0 Å². The van der Waals surface area contributed by atoms with Gasteiger partial charge in [-0.1, -0.05) is 30.3 Å². The van der Waals surface area contributed by atoms with E-state index in [4.69, 9.17) is 4.74 Å². The number of rotatable bonds is 4. The van der Waals surface area contributed by atoms with Gasteiger partial charge in [-0.25, -0.2) is 4.39 Å². The summed E-state index contributed by atoms with van der Waals surface area (Å²) in [5.74, 6) is 0.578. The molecule has 1 unspecified atom stereocenters. The fourth-order valence-corrected chi connectivity index (χ4v) is 3.15. The second-order valence-electron chi connectivity index (χ2n) is 5.79. The Morgan fingerprint density at radius 2 is 1.96 bits per heavy atom. The predicted molar refractivity (Wildman–Crippen MR) is 86.8 cm³/mol. The molecule has 1 heterocycles. The highest BCUT2D eigenvalue weighted by Crippen LogP contribution is 2.33. The fraction of sp³-hybridized carbons (Fsp3) is 0.316. The van der Waals surface area contributed by atoms with Crippen molar-refractivity contribution in [3.8, 4) is 5.75 Å². The van der Waals surface area contributed by atoms with Gasteiger partial charge in [0.25, 0.3) is 0 Å². The smallest absolute Gasteiger partial charge is 0.227 e. The van der Waals surface area contributed by atoms with Crippen molar-refractivity contribution in [2.75, 3.05) is 13.7 Å². The highest BCUT2D eigenvalue weighted by Gasteiger charge is 2.31. The van der Waals surface area contributed by atoms with E-state index in [1.165, 1.54) is 6.07 Å². The van der Waals surface area contributed by atoms with E-state index in [9.17, 15) is 9.18 Å². The zero-order chi connectivity index (χ0) is 16.2. The highest BCUT2D eigenvalue weighted by atomic mass is 19.1. The van der Waals surface area contributed by atoms with Gasteiger partial charge in [0.05, 0.1) is 19.6 Å². The number of carbonyl (C=O) groups excluding carboxylic acids is 1. The quantitative estimate of drug-likeness (QED) is 0.860. The normalized spacial score (nSPS) is 17.3. The van der Waals surface area contributed by atoms with E-state index < -0.39 is 0 Å². The SMILES string of the molecule is COc1ccc(CC(=O)N2CCCC2c2ccccc2F)cc1. The molecule has 1 saturated heterocycles. The summed E-state index contributed by atoms with van der Waals surface area (Å²) in [7, 11) is 1.61. The Labute approximate surface area is 135 Å². The van der Waals surface area contributed by atoms with Crippen LogP contribution in [0, 0.1) is 5.82 Å². The van der Waals surface area contributed by atoms with Crippen molar-refractivity contribution in [1.82, 2.24) is 4.90 Å². The van der Waals surface area contributed by atoms with Gasteiger partial charge in [0.1, 0.15) is 11.6 Å². The van der Waals surface area contributed by atoms with Crippen LogP contribution in [0.4, 0.5) is 4.39 Å². The minimum Gasteiger partial charge on any atom is -0.497 e. The number of carbonyl (C=O) groups is 1. The first-order valence-corrected chi connectivity index (χ1v) is 7.86. The number of methoxy groups -OCH3 is 1. The van der Waals surface area contributed by atoms with Crippen molar-refractivity contribution < 1.29 is 13.9 Å². The maximum atomic E-state index is 14.0. The molecule has 2 aromatic carbocycles. The van der Waals surface area contributed by atoms with Crippen LogP contribution in [-0.2, 0) is 11.2 Å². The molecule has 0 bridgehead atoms. The van der Waals surface area contributed by atoms with Gasteiger partial charge >= 0.3 is 0 Å². The first-order chi connectivity index (χ1) is 11.2. The number of halogens is 1. The van der Waals surface area contributed by atoms with E-state index >= 15 is 0 Å². The van der Waals surface area contributed by atoms with Crippen molar-refractivity contribution in [3.63, 3.8) is 0 Å². The second kappa shape index (κ2) is 6.82. The Hall–Kier alpha value is -2.36. The van der Waals surface area contributed by atoms with Crippen molar-refractivity contribution >= 4 is 5.91 Å². The summed E-state index contributed by atoms with van der Waals surface area (Å²) < 4.78 is 19.2. The van der Waals surface area contributed by atoms with Crippen LogP contribution in [0.15, 0.2) is 48.5 Å². The van der Waals surface area contributed by atoms with Crippen LogP contribution in [0.5, 0.6) is 5.75 Å². The summed E-state index contributed by atoms with van der Waals surface area (Å²) in [6.07, 6.45) is 2.05. The van der Waals surface area contributed by atoms with Gasteiger partial charge in [-0.15, -0.1) is 0 Å². The van der Waals surface area contributed by atoms with Gasteiger partial charge in [-0.2, -0.15) is 0 Å². The monoisotopic (exact) mass is 313 g/mol. The molecule has 0 aliphatic carbocycles. The van der Waals surface area contributed by atoms with Gasteiger partial charge in [0.15, 0.2) is 0 Å². The number of hydrogen-bond acceptors (Lipinski definition) is 2. The molecule has 23 heavy (non-hydrogen) atoms. The molecule has 3 nitrogen and oxygen atoms in total. The van der Waals surface area contributed by atoms with Crippen molar-refractivity contribution in [1.29, 1.82) is 0 Å². The van der Waals surface area contributed by atoms with E-state index in [2.05, 4.69) is 0 Å². The highest BCUT2D eigenvalue weighted by molar-refractivity contribution is 5.79. The number of hydrogen-bond donors (Lipinski definition) is 0. The Morgan fingerprint density at radius 1 is 1.22 bits per heavy atom. The summed E-state index contributed by atoms with van der Waals surface area (Å²) in [6.45, 7) is 0.688. The maximum Gasteiger partial charge on any atom is 0.227 e. The third kappa shape index (κ3) is 3.36. The molecule has 0 spiro atoms. The molecule has 2 aromatic rings. The lowest BCUT2D eigenvalue weighted by Gasteiger charge is -2.25. The molecule has 1 fully saturated rings. The number of amides is 1.